The van der Waals surface area contributed by atoms with Gasteiger partial charge in [-0.1, -0.05) is 38.1 Å². The predicted octanol–water partition coefficient (Wildman–Crippen LogP) is 3.15. The van der Waals surface area contributed by atoms with E-state index in [4.69, 9.17) is 0 Å². The molecule has 17 heavy (non-hydrogen) atoms. The molecule has 0 N–H and O–H groups in total. The molecular formula is C16H20N+. The van der Waals surface area contributed by atoms with Crippen molar-refractivity contribution >= 4 is 0 Å². The lowest BCUT2D eigenvalue weighted by Gasteiger charge is -2.10. The summed E-state index contributed by atoms with van der Waals surface area (Å²) in [4.78, 5) is 0. The minimum Gasteiger partial charge on any atom is -0.201 e. The zero-order valence-electron chi connectivity index (χ0n) is 10.7. The zero-order chi connectivity index (χ0) is 12.1. The Kier molecular flexibility index (Phi) is 3.92. The van der Waals surface area contributed by atoms with E-state index >= 15 is 0 Å². The van der Waals surface area contributed by atoms with Gasteiger partial charge in [-0.3, -0.25) is 0 Å². The third-order valence-electron chi connectivity index (χ3n) is 3.23. The molecule has 0 bridgehead atoms. The van der Waals surface area contributed by atoms with Gasteiger partial charge in [0.15, 0.2) is 18.9 Å². The monoisotopic (exact) mass is 226 g/mol. The number of hydrogen-bond acceptors (Lipinski definition) is 0. The highest BCUT2D eigenvalue weighted by molar-refractivity contribution is 5.34. The summed E-state index contributed by atoms with van der Waals surface area (Å²) < 4.78 is 2.23. The van der Waals surface area contributed by atoms with Crippen LogP contribution in [-0.2, 0) is 19.4 Å². The van der Waals surface area contributed by atoms with E-state index in [0.717, 1.165) is 19.4 Å². The van der Waals surface area contributed by atoms with Crippen molar-refractivity contribution in [2.45, 2.75) is 33.2 Å². The molecule has 0 atom stereocenters. The average molecular weight is 226 g/mol. The van der Waals surface area contributed by atoms with Crippen molar-refractivity contribution in [2.75, 3.05) is 0 Å². The van der Waals surface area contributed by atoms with Crippen molar-refractivity contribution in [3.8, 4) is 0 Å². The summed E-state index contributed by atoms with van der Waals surface area (Å²) in [6, 6.07) is 12.9. The fraction of sp³-hybridized carbons (Fsp3) is 0.312. The highest BCUT2D eigenvalue weighted by atomic mass is 14.9. The number of benzene rings is 1. The average Bonchev–Trinajstić information content (AvgIpc) is 2.39. The zero-order valence-corrected chi connectivity index (χ0v) is 10.7. The fourth-order valence-corrected chi connectivity index (χ4v) is 2.36. The van der Waals surface area contributed by atoms with Crippen LogP contribution in [0.25, 0.3) is 0 Å². The van der Waals surface area contributed by atoms with E-state index in [0.29, 0.717) is 0 Å². The Hall–Kier alpha value is -1.63. The number of nitrogens with zero attached hydrogens (tertiary/aromatic N) is 1. The Morgan fingerprint density at radius 1 is 0.824 bits per heavy atom. The first kappa shape index (κ1) is 11.8. The third-order valence-corrected chi connectivity index (χ3v) is 3.23. The van der Waals surface area contributed by atoms with Gasteiger partial charge in [0.25, 0.3) is 0 Å². The second-order valence-electron chi connectivity index (χ2n) is 4.31. The molecule has 1 heterocycles. The van der Waals surface area contributed by atoms with Crippen molar-refractivity contribution in [3.05, 3.63) is 65.5 Å². The van der Waals surface area contributed by atoms with Gasteiger partial charge in [0, 0.05) is 17.7 Å². The standard InChI is InChI=1S/C16H20N/c1-3-14-9-8-10-15(16(14)4-2)13-17-11-6-5-7-12-17/h5-12H,3-4,13H2,1-2H3/q+1. The first-order valence-electron chi connectivity index (χ1n) is 6.38. The van der Waals surface area contributed by atoms with Crippen LogP contribution in [0.2, 0.25) is 0 Å². The van der Waals surface area contributed by atoms with E-state index in [-0.39, 0.29) is 0 Å². The van der Waals surface area contributed by atoms with Gasteiger partial charge in [-0.15, -0.1) is 0 Å². The molecule has 0 spiro atoms. The molecule has 1 heteroatoms. The maximum Gasteiger partial charge on any atom is 0.174 e. The van der Waals surface area contributed by atoms with Crippen LogP contribution in [0.1, 0.15) is 30.5 Å². The van der Waals surface area contributed by atoms with Crippen LogP contribution in [0.15, 0.2) is 48.8 Å². The summed E-state index contributed by atoms with van der Waals surface area (Å²) in [6.07, 6.45) is 6.49. The Morgan fingerprint density at radius 3 is 2.18 bits per heavy atom. The number of rotatable bonds is 4. The Balaban J connectivity index is 2.33. The molecule has 1 aromatic carbocycles. The molecule has 88 valence electrons. The van der Waals surface area contributed by atoms with Gasteiger partial charge in [-0.2, -0.15) is 0 Å². The summed E-state index contributed by atoms with van der Waals surface area (Å²) in [5, 5.41) is 0. The molecule has 0 radical (unpaired) electrons. The quantitative estimate of drug-likeness (QED) is 0.705. The van der Waals surface area contributed by atoms with Crippen molar-refractivity contribution in [3.63, 3.8) is 0 Å². The molecule has 0 saturated heterocycles. The van der Waals surface area contributed by atoms with Crippen molar-refractivity contribution in [2.24, 2.45) is 0 Å². The summed E-state index contributed by atoms with van der Waals surface area (Å²) in [5.74, 6) is 0. The van der Waals surface area contributed by atoms with Crippen molar-refractivity contribution in [1.29, 1.82) is 0 Å². The van der Waals surface area contributed by atoms with E-state index < -0.39 is 0 Å². The highest BCUT2D eigenvalue weighted by Gasteiger charge is 2.09. The first-order valence-corrected chi connectivity index (χ1v) is 6.38. The first-order chi connectivity index (χ1) is 8.35. The molecule has 0 amide bonds. The summed E-state index contributed by atoms with van der Waals surface area (Å²) in [7, 11) is 0. The fourth-order valence-electron chi connectivity index (χ4n) is 2.36. The Labute approximate surface area is 104 Å². The van der Waals surface area contributed by atoms with Crippen LogP contribution in [0.5, 0.6) is 0 Å². The number of aromatic nitrogens is 1. The van der Waals surface area contributed by atoms with E-state index in [1.807, 2.05) is 0 Å². The summed E-state index contributed by atoms with van der Waals surface area (Å²) in [5.41, 5.74) is 4.45. The predicted molar refractivity (Wildman–Crippen MR) is 70.9 cm³/mol. The van der Waals surface area contributed by atoms with Crippen LogP contribution in [-0.4, -0.2) is 0 Å². The minimum absolute atomic E-state index is 0.970. The van der Waals surface area contributed by atoms with Gasteiger partial charge in [-0.05, 0) is 24.0 Å². The highest BCUT2D eigenvalue weighted by Crippen LogP contribution is 2.16. The third kappa shape index (κ3) is 2.73. The number of pyridine rings is 1. The molecular weight excluding hydrogens is 206 g/mol. The summed E-state index contributed by atoms with van der Waals surface area (Å²) in [6.45, 7) is 5.44. The topological polar surface area (TPSA) is 3.88 Å². The molecule has 0 fully saturated rings. The molecule has 0 saturated carbocycles. The SMILES string of the molecule is CCc1cccc(C[n+]2ccccc2)c1CC. The summed E-state index contributed by atoms with van der Waals surface area (Å²) >= 11 is 0. The maximum absolute atomic E-state index is 2.25. The molecule has 1 aromatic heterocycles. The van der Waals surface area contributed by atoms with Crippen LogP contribution < -0.4 is 4.57 Å². The van der Waals surface area contributed by atoms with Crippen molar-refractivity contribution < 1.29 is 4.57 Å². The largest absolute Gasteiger partial charge is 0.201 e. The van der Waals surface area contributed by atoms with E-state index in [1.165, 1.54) is 16.7 Å². The van der Waals surface area contributed by atoms with Gasteiger partial charge >= 0.3 is 0 Å². The molecule has 2 aromatic rings. The Bertz CT molecular complexity index is 474. The second-order valence-corrected chi connectivity index (χ2v) is 4.31. The number of aryl methyl sites for hydroxylation is 1. The number of hydrogen-bond donors (Lipinski definition) is 0. The normalized spacial score (nSPS) is 10.5. The van der Waals surface area contributed by atoms with Gasteiger partial charge in [-0.25, -0.2) is 4.57 Å². The molecule has 0 aliphatic rings. The molecule has 1 nitrogen and oxygen atoms in total. The van der Waals surface area contributed by atoms with Gasteiger partial charge in [0.1, 0.15) is 0 Å². The van der Waals surface area contributed by atoms with Crippen LogP contribution in [0.3, 0.4) is 0 Å². The lowest BCUT2D eigenvalue weighted by Crippen LogP contribution is -2.33. The van der Waals surface area contributed by atoms with Crippen LogP contribution in [0, 0.1) is 0 Å². The lowest BCUT2D eigenvalue weighted by molar-refractivity contribution is -0.688. The van der Waals surface area contributed by atoms with Gasteiger partial charge in [0.05, 0.1) is 0 Å². The molecule has 2 rings (SSSR count). The Morgan fingerprint density at radius 2 is 1.53 bits per heavy atom. The molecule has 0 aliphatic heterocycles. The van der Waals surface area contributed by atoms with E-state index in [1.54, 1.807) is 0 Å². The lowest BCUT2D eigenvalue weighted by atomic mass is 9.97. The van der Waals surface area contributed by atoms with Crippen molar-refractivity contribution in [1.82, 2.24) is 0 Å². The van der Waals surface area contributed by atoms with Crippen LogP contribution >= 0.6 is 0 Å². The molecule has 0 aliphatic carbocycles. The smallest absolute Gasteiger partial charge is 0.174 e. The maximum atomic E-state index is 2.25. The second kappa shape index (κ2) is 5.62. The minimum atomic E-state index is 0.970. The van der Waals surface area contributed by atoms with Gasteiger partial charge in [0.2, 0.25) is 0 Å². The molecule has 0 unspecified atom stereocenters. The van der Waals surface area contributed by atoms with Crippen LogP contribution in [0.4, 0.5) is 0 Å². The van der Waals surface area contributed by atoms with E-state index in [2.05, 4.69) is 67.2 Å². The van der Waals surface area contributed by atoms with E-state index in [9.17, 15) is 0 Å². The van der Waals surface area contributed by atoms with Gasteiger partial charge < -0.3 is 0 Å².